The Labute approximate surface area is 172 Å². The Kier molecular flexibility index (Phi) is 6.48. The van der Waals surface area contributed by atoms with Gasteiger partial charge in [0.2, 0.25) is 11.8 Å². The molecule has 3 aromatic rings. The number of nitrogens with zero attached hydrogens (tertiary/aromatic N) is 1. The van der Waals surface area contributed by atoms with E-state index in [4.69, 9.17) is 5.73 Å². The van der Waals surface area contributed by atoms with Crippen LogP contribution in [0.4, 0.5) is 0 Å². The SMILES string of the molecule is C[C@H](N)C(=O)N[C@@H](Cc1c[nH]cn1)C(=O)N[C@@H](Cc1c[nH]c2ccccc12)C(=O)O. The van der Waals surface area contributed by atoms with E-state index in [9.17, 15) is 19.5 Å². The maximum Gasteiger partial charge on any atom is 0.326 e. The monoisotopic (exact) mass is 412 g/mol. The van der Waals surface area contributed by atoms with Gasteiger partial charge >= 0.3 is 5.97 Å². The van der Waals surface area contributed by atoms with Crippen LogP contribution in [0.2, 0.25) is 0 Å². The molecule has 0 bridgehead atoms. The summed E-state index contributed by atoms with van der Waals surface area (Å²) in [4.78, 5) is 46.6. The van der Waals surface area contributed by atoms with Gasteiger partial charge in [-0.15, -0.1) is 0 Å². The first kappa shape index (κ1) is 21.1. The number of H-pyrrole nitrogens is 2. The topological polar surface area (TPSA) is 166 Å². The molecule has 0 radical (unpaired) electrons. The molecule has 7 N–H and O–H groups in total. The molecule has 0 aliphatic heterocycles. The van der Waals surface area contributed by atoms with Crippen LogP contribution in [0.15, 0.2) is 43.0 Å². The number of hydrogen-bond donors (Lipinski definition) is 6. The standard InChI is InChI=1S/C20H24N6O4/c1-11(21)18(27)25-16(7-13-9-22-10-24-13)19(28)26-17(20(29)30)6-12-8-23-15-5-3-2-4-14(12)15/h2-5,8-11,16-17,23H,6-7,21H2,1H3,(H,22,24)(H,25,27)(H,26,28)(H,29,30)/t11-,16-,17-/m0/s1. The molecule has 10 nitrogen and oxygen atoms in total. The number of aromatic amines is 2. The number of imidazole rings is 1. The van der Waals surface area contributed by atoms with Crippen molar-refractivity contribution in [3.63, 3.8) is 0 Å². The molecular weight excluding hydrogens is 388 g/mol. The third-order valence-corrected chi connectivity index (χ3v) is 4.73. The smallest absolute Gasteiger partial charge is 0.326 e. The van der Waals surface area contributed by atoms with Crippen LogP contribution in [0.1, 0.15) is 18.2 Å². The molecule has 0 saturated heterocycles. The summed E-state index contributed by atoms with van der Waals surface area (Å²) in [5.74, 6) is -2.32. The normalized spacial score (nSPS) is 14.1. The number of fused-ring (bicyclic) bond motifs is 1. The summed E-state index contributed by atoms with van der Waals surface area (Å²) in [6.07, 6.45) is 4.95. The predicted molar refractivity (Wildman–Crippen MR) is 109 cm³/mol. The fourth-order valence-electron chi connectivity index (χ4n) is 3.12. The quantitative estimate of drug-likeness (QED) is 0.291. The van der Waals surface area contributed by atoms with E-state index in [1.165, 1.54) is 13.3 Å². The van der Waals surface area contributed by atoms with Crippen molar-refractivity contribution in [2.75, 3.05) is 0 Å². The van der Waals surface area contributed by atoms with Gasteiger partial charge in [-0.2, -0.15) is 0 Å². The van der Waals surface area contributed by atoms with Crippen LogP contribution in [0.3, 0.4) is 0 Å². The summed E-state index contributed by atoms with van der Waals surface area (Å²) in [6.45, 7) is 1.50. The molecule has 158 valence electrons. The molecule has 2 heterocycles. The van der Waals surface area contributed by atoms with Crippen molar-refractivity contribution < 1.29 is 19.5 Å². The highest BCUT2D eigenvalue weighted by atomic mass is 16.4. The van der Waals surface area contributed by atoms with Gasteiger partial charge in [-0.05, 0) is 18.6 Å². The summed E-state index contributed by atoms with van der Waals surface area (Å²) < 4.78 is 0. The van der Waals surface area contributed by atoms with E-state index in [0.29, 0.717) is 5.69 Å². The highest BCUT2D eigenvalue weighted by molar-refractivity contribution is 5.92. The number of carboxylic acids is 1. The summed E-state index contributed by atoms with van der Waals surface area (Å²) >= 11 is 0. The number of para-hydroxylation sites is 1. The van der Waals surface area contributed by atoms with Gasteiger partial charge in [0.05, 0.1) is 18.1 Å². The zero-order chi connectivity index (χ0) is 21.7. The minimum Gasteiger partial charge on any atom is -0.480 e. The van der Waals surface area contributed by atoms with Crippen LogP contribution in [0.5, 0.6) is 0 Å². The summed E-state index contributed by atoms with van der Waals surface area (Å²) in [5, 5.41) is 15.6. The van der Waals surface area contributed by atoms with Crippen LogP contribution < -0.4 is 16.4 Å². The molecule has 10 heteroatoms. The molecule has 3 rings (SSSR count). The summed E-state index contributed by atoms with van der Waals surface area (Å²) in [7, 11) is 0. The number of aromatic nitrogens is 3. The molecule has 2 amide bonds. The highest BCUT2D eigenvalue weighted by Crippen LogP contribution is 2.19. The zero-order valence-electron chi connectivity index (χ0n) is 16.4. The lowest BCUT2D eigenvalue weighted by molar-refractivity contribution is -0.142. The van der Waals surface area contributed by atoms with Gasteiger partial charge in [-0.25, -0.2) is 9.78 Å². The number of amides is 2. The Bertz CT molecular complexity index is 1030. The molecule has 0 aliphatic carbocycles. The predicted octanol–water partition coefficient (Wildman–Crippen LogP) is 0.0776. The lowest BCUT2D eigenvalue weighted by atomic mass is 10.0. The molecule has 0 saturated carbocycles. The van der Waals surface area contributed by atoms with Gasteiger partial charge in [0.25, 0.3) is 0 Å². The van der Waals surface area contributed by atoms with E-state index >= 15 is 0 Å². The number of benzene rings is 1. The van der Waals surface area contributed by atoms with Crippen LogP contribution in [-0.2, 0) is 27.2 Å². The van der Waals surface area contributed by atoms with Crippen molar-refractivity contribution >= 4 is 28.7 Å². The van der Waals surface area contributed by atoms with E-state index < -0.39 is 35.9 Å². The minimum atomic E-state index is -1.18. The Morgan fingerprint density at radius 2 is 1.83 bits per heavy atom. The molecule has 1 aromatic carbocycles. The van der Waals surface area contributed by atoms with Crippen LogP contribution in [0.25, 0.3) is 10.9 Å². The maximum atomic E-state index is 12.9. The second-order valence-electron chi connectivity index (χ2n) is 7.08. The first-order chi connectivity index (χ1) is 14.3. The summed E-state index contributed by atoms with van der Waals surface area (Å²) in [5.41, 5.74) is 7.78. The Balaban J connectivity index is 1.76. The Morgan fingerprint density at radius 1 is 1.10 bits per heavy atom. The first-order valence-electron chi connectivity index (χ1n) is 9.47. The Morgan fingerprint density at radius 3 is 2.50 bits per heavy atom. The van der Waals surface area contributed by atoms with Gasteiger partial charge in [-0.3, -0.25) is 9.59 Å². The van der Waals surface area contributed by atoms with Gasteiger partial charge in [0.1, 0.15) is 12.1 Å². The molecule has 3 atom stereocenters. The maximum absolute atomic E-state index is 12.9. The lowest BCUT2D eigenvalue weighted by Gasteiger charge is -2.21. The first-order valence-corrected chi connectivity index (χ1v) is 9.47. The van der Waals surface area contributed by atoms with Crippen molar-refractivity contribution in [2.45, 2.75) is 37.9 Å². The number of carbonyl (C=O) groups is 3. The molecule has 0 unspecified atom stereocenters. The average Bonchev–Trinajstić information content (AvgIpc) is 3.36. The number of aliphatic carboxylic acids is 1. The average molecular weight is 412 g/mol. The number of carbonyl (C=O) groups excluding carboxylic acids is 2. The number of rotatable bonds is 9. The molecular formula is C20H24N6O4. The van der Waals surface area contributed by atoms with Gasteiger partial charge < -0.3 is 31.4 Å². The van der Waals surface area contributed by atoms with Crippen LogP contribution in [-0.4, -0.2) is 56.0 Å². The molecule has 2 aromatic heterocycles. The number of hydrogen-bond acceptors (Lipinski definition) is 5. The van der Waals surface area contributed by atoms with E-state index in [1.807, 2.05) is 24.3 Å². The van der Waals surface area contributed by atoms with E-state index in [2.05, 4.69) is 25.6 Å². The van der Waals surface area contributed by atoms with Crippen molar-refractivity contribution in [2.24, 2.45) is 5.73 Å². The number of carboxylic acid groups (broad SMARTS) is 1. The third kappa shape index (κ3) is 5.03. The van der Waals surface area contributed by atoms with Crippen molar-refractivity contribution in [1.29, 1.82) is 0 Å². The van der Waals surface area contributed by atoms with E-state index in [0.717, 1.165) is 16.5 Å². The molecule has 30 heavy (non-hydrogen) atoms. The van der Waals surface area contributed by atoms with Crippen LogP contribution in [0, 0.1) is 0 Å². The molecule has 0 fully saturated rings. The molecule has 0 aliphatic rings. The fraction of sp³-hybridized carbons (Fsp3) is 0.300. The van der Waals surface area contributed by atoms with Gasteiger partial charge in [-0.1, -0.05) is 18.2 Å². The highest BCUT2D eigenvalue weighted by Gasteiger charge is 2.28. The Hall–Kier alpha value is -3.66. The summed E-state index contributed by atoms with van der Waals surface area (Å²) in [6, 6.07) is 4.49. The lowest BCUT2D eigenvalue weighted by Crippen LogP contribution is -2.55. The van der Waals surface area contributed by atoms with Crippen molar-refractivity contribution in [3.05, 3.63) is 54.2 Å². The number of nitrogens with two attached hydrogens (primary N) is 1. The van der Waals surface area contributed by atoms with Crippen molar-refractivity contribution in [3.8, 4) is 0 Å². The fourth-order valence-corrected chi connectivity index (χ4v) is 3.12. The van der Waals surface area contributed by atoms with Crippen molar-refractivity contribution in [1.82, 2.24) is 25.6 Å². The second kappa shape index (κ2) is 9.23. The van der Waals surface area contributed by atoms with E-state index in [1.54, 1.807) is 12.4 Å². The van der Waals surface area contributed by atoms with Gasteiger partial charge in [0, 0.05) is 36.1 Å². The zero-order valence-corrected chi connectivity index (χ0v) is 16.4. The van der Waals surface area contributed by atoms with E-state index in [-0.39, 0.29) is 12.8 Å². The molecule has 0 spiro atoms. The second-order valence-corrected chi connectivity index (χ2v) is 7.08. The largest absolute Gasteiger partial charge is 0.480 e. The third-order valence-electron chi connectivity index (χ3n) is 4.73. The van der Waals surface area contributed by atoms with Crippen LogP contribution >= 0.6 is 0 Å². The number of nitrogens with one attached hydrogen (secondary N) is 4. The minimum absolute atomic E-state index is 0.0848. The van der Waals surface area contributed by atoms with Gasteiger partial charge in [0.15, 0.2) is 0 Å².